The fourth-order valence-corrected chi connectivity index (χ4v) is 3.79. The second kappa shape index (κ2) is 6.93. The van der Waals surface area contributed by atoms with Crippen molar-refractivity contribution in [2.45, 2.75) is 38.6 Å². The molecule has 0 radical (unpaired) electrons. The van der Waals surface area contributed by atoms with Gasteiger partial charge in [-0.15, -0.1) is 0 Å². The summed E-state index contributed by atoms with van der Waals surface area (Å²) in [6, 6.07) is 7.83. The van der Waals surface area contributed by atoms with E-state index in [0.29, 0.717) is 16.8 Å². The Kier molecular flexibility index (Phi) is 4.90. The molecule has 1 aromatic carbocycles. The Morgan fingerprint density at radius 2 is 1.88 bits per heavy atom. The quantitative estimate of drug-likeness (QED) is 0.578. The lowest BCUT2D eigenvalue weighted by Gasteiger charge is -2.25. The molecular weight excluding hydrogens is 370 g/mol. The number of halogens is 1. The van der Waals surface area contributed by atoms with Crippen molar-refractivity contribution in [2.75, 3.05) is 7.11 Å². The third kappa shape index (κ3) is 3.05. The van der Waals surface area contributed by atoms with Crippen LogP contribution >= 0.6 is 15.9 Å². The van der Waals surface area contributed by atoms with Crippen molar-refractivity contribution in [2.24, 2.45) is 0 Å². The number of amides is 1. The molecule has 0 aromatic heterocycles. The molecule has 0 atom stereocenters. The van der Waals surface area contributed by atoms with Crippen LogP contribution in [0.5, 0.6) is 0 Å². The minimum Gasteiger partial charge on any atom is -0.465 e. The summed E-state index contributed by atoms with van der Waals surface area (Å²) in [6.45, 7) is 1.84. The number of rotatable bonds is 3. The number of allylic oxidation sites excluding steroid dienone is 1. The van der Waals surface area contributed by atoms with Gasteiger partial charge in [-0.2, -0.15) is 0 Å². The predicted molar refractivity (Wildman–Crippen MR) is 95.9 cm³/mol. The number of esters is 1. The van der Waals surface area contributed by atoms with Gasteiger partial charge in [0.2, 0.25) is 0 Å². The van der Waals surface area contributed by atoms with Gasteiger partial charge >= 0.3 is 5.97 Å². The number of benzene rings is 1. The minimum absolute atomic E-state index is 0.0947. The van der Waals surface area contributed by atoms with Gasteiger partial charge in [0, 0.05) is 16.2 Å². The van der Waals surface area contributed by atoms with Crippen LogP contribution in [-0.4, -0.2) is 29.9 Å². The van der Waals surface area contributed by atoms with E-state index in [4.69, 9.17) is 4.74 Å². The van der Waals surface area contributed by atoms with E-state index in [1.165, 1.54) is 7.11 Å². The molecule has 1 fully saturated rings. The largest absolute Gasteiger partial charge is 0.465 e. The maximum Gasteiger partial charge on any atom is 0.340 e. The molecule has 1 aliphatic heterocycles. The third-order valence-electron chi connectivity index (χ3n) is 4.70. The van der Waals surface area contributed by atoms with Crippen LogP contribution in [0.1, 0.15) is 38.2 Å². The molecule has 126 valence electrons. The Labute approximate surface area is 150 Å². The Bertz CT molecular complexity index is 727. The minimum atomic E-state index is -0.454. The summed E-state index contributed by atoms with van der Waals surface area (Å²) in [5.74, 6) is -0.549. The number of carbonyl (C=O) groups is 2. The Balaban J connectivity index is 2.04. The number of carbonyl (C=O) groups excluding carboxylic acids is 2. The van der Waals surface area contributed by atoms with E-state index in [1.54, 1.807) is 11.0 Å². The lowest BCUT2D eigenvalue weighted by atomic mass is 10.0. The zero-order chi connectivity index (χ0) is 17.3. The summed E-state index contributed by atoms with van der Waals surface area (Å²) in [6.07, 6.45) is 6.01. The van der Waals surface area contributed by atoms with Gasteiger partial charge in [-0.3, -0.25) is 4.79 Å². The summed E-state index contributed by atoms with van der Waals surface area (Å²) in [5.41, 5.74) is 2.40. The first kappa shape index (κ1) is 17.0. The average molecular weight is 390 g/mol. The van der Waals surface area contributed by atoms with Crippen molar-refractivity contribution in [3.63, 3.8) is 0 Å². The summed E-state index contributed by atoms with van der Waals surface area (Å²) >= 11 is 3.40. The van der Waals surface area contributed by atoms with Gasteiger partial charge in [-0.25, -0.2) is 4.79 Å². The molecule has 2 aliphatic rings. The number of nitrogens with zero attached hydrogens (tertiary/aromatic N) is 1. The molecule has 0 saturated heterocycles. The zero-order valence-corrected chi connectivity index (χ0v) is 15.4. The monoisotopic (exact) mass is 389 g/mol. The lowest BCUT2D eigenvalue weighted by molar-refractivity contribution is -0.136. The second-order valence-corrected chi connectivity index (χ2v) is 7.09. The van der Waals surface area contributed by atoms with Gasteiger partial charge in [0.1, 0.15) is 0 Å². The molecule has 1 saturated carbocycles. The molecular formula is C19H20BrNO3. The summed E-state index contributed by atoms with van der Waals surface area (Å²) in [5, 5.41) is 0. The number of hydrogen-bond acceptors (Lipinski definition) is 3. The standard InChI is InChI=1S/C19H20BrNO3/c1-12-17(19(23)24-2)16(11-13-7-9-14(20)10-8-13)18(22)21(12)15-5-3-4-6-15/h7-11,15H,3-6H2,1-2H3/b16-11-. The summed E-state index contributed by atoms with van der Waals surface area (Å²) in [4.78, 5) is 27.1. The van der Waals surface area contributed by atoms with Crippen molar-refractivity contribution < 1.29 is 14.3 Å². The second-order valence-electron chi connectivity index (χ2n) is 6.17. The van der Waals surface area contributed by atoms with Crippen LogP contribution in [0.2, 0.25) is 0 Å². The highest BCUT2D eigenvalue weighted by atomic mass is 79.9. The molecule has 5 heteroatoms. The maximum absolute atomic E-state index is 13.0. The van der Waals surface area contributed by atoms with E-state index in [-0.39, 0.29) is 11.9 Å². The van der Waals surface area contributed by atoms with E-state index in [2.05, 4.69) is 15.9 Å². The van der Waals surface area contributed by atoms with Crippen molar-refractivity contribution in [1.29, 1.82) is 0 Å². The van der Waals surface area contributed by atoms with Gasteiger partial charge in [0.15, 0.2) is 0 Å². The highest BCUT2D eigenvalue weighted by molar-refractivity contribution is 9.10. The van der Waals surface area contributed by atoms with Crippen LogP contribution in [0.15, 0.2) is 45.6 Å². The molecule has 4 nitrogen and oxygen atoms in total. The van der Waals surface area contributed by atoms with Crippen LogP contribution in [-0.2, 0) is 14.3 Å². The number of hydrogen-bond donors (Lipinski definition) is 0. The lowest BCUT2D eigenvalue weighted by Crippen LogP contribution is -2.34. The zero-order valence-electron chi connectivity index (χ0n) is 13.8. The molecule has 1 heterocycles. The SMILES string of the molecule is COC(=O)C1=C(C)N(C2CCCC2)C(=O)/C1=C\c1ccc(Br)cc1. The fourth-order valence-electron chi connectivity index (χ4n) is 3.53. The molecule has 1 aliphatic carbocycles. The van der Waals surface area contributed by atoms with Crippen molar-refractivity contribution in [3.05, 3.63) is 51.1 Å². The average Bonchev–Trinajstić information content (AvgIpc) is 3.16. The number of ether oxygens (including phenoxy) is 1. The molecule has 0 unspecified atom stereocenters. The van der Waals surface area contributed by atoms with Crippen LogP contribution in [0.3, 0.4) is 0 Å². The normalized spacial score (nSPS) is 20.4. The highest BCUT2D eigenvalue weighted by Crippen LogP contribution is 2.37. The molecule has 1 aromatic rings. The Morgan fingerprint density at radius 1 is 1.25 bits per heavy atom. The first-order chi connectivity index (χ1) is 11.5. The smallest absolute Gasteiger partial charge is 0.340 e. The fraction of sp³-hybridized carbons (Fsp3) is 0.368. The Morgan fingerprint density at radius 3 is 2.46 bits per heavy atom. The predicted octanol–water partition coefficient (Wildman–Crippen LogP) is 4.06. The van der Waals surface area contributed by atoms with E-state index >= 15 is 0 Å². The molecule has 0 bridgehead atoms. The van der Waals surface area contributed by atoms with Crippen LogP contribution in [0.25, 0.3) is 6.08 Å². The molecule has 0 spiro atoms. The molecule has 3 rings (SSSR count). The summed E-state index contributed by atoms with van der Waals surface area (Å²) in [7, 11) is 1.35. The highest BCUT2D eigenvalue weighted by Gasteiger charge is 2.40. The van der Waals surface area contributed by atoms with E-state index < -0.39 is 5.97 Å². The van der Waals surface area contributed by atoms with Gasteiger partial charge in [0.05, 0.1) is 18.3 Å². The van der Waals surface area contributed by atoms with Crippen LogP contribution in [0.4, 0.5) is 0 Å². The van der Waals surface area contributed by atoms with Crippen molar-refractivity contribution >= 4 is 33.9 Å². The number of methoxy groups -OCH3 is 1. The van der Waals surface area contributed by atoms with E-state index in [9.17, 15) is 9.59 Å². The molecule has 24 heavy (non-hydrogen) atoms. The summed E-state index contributed by atoms with van der Waals surface area (Å²) < 4.78 is 5.89. The van der Waals surface area contributed by atoms with Crippen LogP contribution < -0.4 is 0 Å². The molecule has 1 amide bonds. The van der Waals surface area contributed by atoms with Crippen LogP contribution in [0, 0.1) is 0 Å². The van der Waals surface area contributed by atoms with E-state index in [0.717, 1.165) is 35.7 Å². The third-order valence-corrected chi connectivity index (χ3v) is 5.23. The van der Waals surface area contributed by atoms with Crippen molar-refractivity contribution in [1.82, 2.24) is 4.90 Å². The van der Waals surface area contributed by atoms with Gasteiger partial charge in [-0.1, -0.05) is 40.9 Å². The molecule has 0 N–H and O–H groups in total. The topological polar surface area (TPSA) is 46.6 Å². The first-order valence-electron chi connectivity index (χ1n) is 8.13. The Hall–Kier alpha value is -1.88. The maximum atomic E-state index is 13.0. The van der Waals surface area contributed by atoms with Gasteiger partial charge in [0.25, 0.3) is 5.91 Å². The van der Waals surface area contributed by atoms with Gasteiger partial charge < -0.3 is 9.64 Å². The first-order valence-corrected chi connectivity index (χ1v) is 8.92. The van der Waals surface area contributed by atoms with E-state index in [1.807, 2.05) is 31.2 Å². The van der Waals surface area contributed by atoms with Gasteiger partial charge in [-0.05, 0) is 43.5 Å². The van der Waals surface area contributed by atoms with Crippen molar-refractivity contribution in [3.8, 4) is 0 Å².